The van der Waals surface area contributed by atoms with Crippen molar-refractivity contribution in [3.05, 3.63) is 102 Å². The van der Waals surface area contributed by atoms with Gasteiger partial charge in [-0.25, -0.2) is 0 Å². The number of rotatable bonds is 9. The highest BCUT2D eigenvalue weighted by molar-refractivity contribution is 8.01. The molecule has 0 aliphatic heterocycles. The van der Waals surface area contributed by atoms with Crippen molar-refractivity contribution in [1.29, 1.82) is 0 Å². The molecular formula is C27H34S2Si2. The molecule has 0 radical (unpaired) electrons. The van der Waals surface area contributed by atoms with Gasteiger partial charge in [-0.15, -0.1) is 23.5 Å². The van der Waals surface area contributed by atoms with Gasteiger partial charge in [0.1, 0.15) is 0 Å². The molecule has 0 nitrogen and oxygen atoms in total. The van der Waals surface area contributed by atoms with Crippen molar-refractivity contribution in [2.24, 2.45) is 0 Å². The van der Waals surface area contributed by atoms with Gasteiger partial charge in [0.25, 0.3) is 0 Å². The maximum atomic E-state index is 2.73. The van der Waals surface area contributed by atoms with Gasteiger partial charge in [-0.1, -0.05) is 103 Å². The lowest BCUT2D eigenvalue weighted by atomic mass is 10.1. The largest absolute Gasteiger partial charge is 0.129 e. The van der Waals surface area contributed by atoms with Crippen LogP contribution in [0.2, 0.25) is 26.2 Å². The number of hydrogen-bond donors (Lipinski definition) is 0. The second-order valence-corrected chi connectivity index (χ2v) is 21.9. The highest BCUT2D eigenvalue weighted by atomic mass is 32.2. The van der Waals surface area contributed by atoms with Crippen LogP contribution < -0.4 is 0 Å². The van der Waals surface area contributed by atoms with E-state index in [9.17, 15) is 0 Å². The second-order valence-electron chi connectivity index (χ2n) is 9.50. The zero-order chi connectivity index (χ0) is 22.3. The zero-order valence-corrected chi connectivity index (χ0v) is 23.0. The number of benzene rings is 3. The van der Waals surface area contributed by atoms with Crippen molar-refractivity contribution in [2.75, 3.05) is 10.8 Å². The summed E-state index contributed by atoms with van der Waals surface area (Å²) in [6, 6.07) is 30.9. The topological polar surface area (TPSA) is 0 Å². The number of aryl methyl sites for hydroxylation is 1. The summed E-state index contributed by atoms with van der Waals surface area (Å²) in [6.45, 7) is 12.3. The van der Waals surface area contributed by atoms with Gasteiger partial charge in [0, 0.05) is 9.79 Å². The van der Waals surface area contributed by atoms with Gasteiger partial charge in [0.15, 0.2) is 0 Å². The van der Waals surface area contributed by atoms with Crippen molar-refractivity contribution >= 4 is 44.9 Å². The van der Waals surface area contributed by atoms with E-state index < -0.39 is 16.1 Å². The zero-order valence-electron chi connectivity index (χ0n) is 19.4. The Bertz CT molecular complexity index is 979. The summed E-state index contributed by atoms with van der Waals surface area (Å²) in [5, 5.41) is 4.05. The van der Waals surface area contributed by atoms with Crippen LogP contribution in [0.3, 0.4) is 0 Å². The molecule has 0 saturated carbocycles. The Labute approximate surface area is 199 Å². The minimum absolute atomic E-state index is 1.20. The quantitative estimate of drug-likeness (QED) is 0.223. The van der Waals surface area contributed by atoms with Crippen LogP contribution in [0.25, 0.3) is 5.20 Å². The molecule has 0 bridgehead atoms. The van der Waals surface area contributed by atoms with E-state index in [0.29, 0.717) is 0 Å². The van der Waals surface area contributed by atoms with Gasteiger partial charge in [-0.3, -0.25) is 0 Å². The first-order valence-electron chi connectivity index (χ1n) is 10.9. The fourth-order valence-electron chi connectivity index (χ4n) is 3.48. The van der Waals surface area contributed by atoms with Crippen molar-refractivity contribution in [1.82, 2.24) is 0 Å². The van der Waals surface area contributed by atoms with Crippen molar-refractivity contribution in [3.8, 4) is 0 Å². The Kier molecular flexibility index (Phi) is 8.51. The molecule has 0 amide bonds. The molecule has 0 aliphatic rings. The number of thioether (sulfide) groups is 2. The second kappa shape index (κ2) is 10.9. The Morgan fingerprint density at radius 3 is 1.68 bits per heavy atom. The predicted octanol–water partition coefficient (Wildman–Crippen LogP) is 8.54. The van der Waals surface area contributed by atoms with Crippen LogP contribution in [0.5, 0.6) is 0 Å². The summed E-state index contributed by atoms with van der Waals surface area (Å²) in [6.07, 6.45) is 0. The van der Waals surface area contributed by atoms with E-state index in [-0.39, 0.29) is 0 Å². The third-order valence-corrected chi connectivity index (χ3v) is 16.8. The lowest BCUT2D eigenvalue weighted by Crippen LogP contribution is -2.36. The Balaban J connectivity index is 1.86. The third kappa shape index (κ3) is 7.56. The molecule has 0 unspecified atom stereocenters. The smallest absolute Gasteiger partial charge is 0.0906 e. The molecule has 3 aromatic carbocycles. The van der Waals surface area contributed by atoms with Crippen LogP contribution in [-0.4, -0.2) is 26.9 Å². The van der Waals surface area contributed by atoms with Gasteiger partial charge in [0.2, 0.25) is 0 Å². The average Bonchev–Trinajstić information content (AvgIpc) is 2.77. The maximum absolute atomic E-state index is 2.73. The minimum Gasteiger partial charge on any atom is -0.129 e. The van der Waals surface area contributed by atoms with E-state index in [2.05, 4.69) is 124 Å². The van der Waals surface area contributed by atoms with E-state index in [1.54, 1.807) is 5.20 Å². The average molecular weight is 479 g/mol. The molecule has 162 valence electrons. The van der Waals surface area contributed by atoms with E-state index in [4.69, 9.17) is 0 Å². The minimum atomic E-state index is -1.64. The first kappa shape index (κ1) is 24.2. The van der Waals surface area contributed by atoms with Gasteiger partial charge in [-0.05, 0) is 47.5 Å². The van der Waals surface area contributed by atoms with Crippen LogP contribution in [0.4, 0.5) is 0 Å². The first-order chi connectivity index (χ1) is 14.8. The summed E-state index contributed by atoms with van der Waals surface area (Å²) < 4.78 is 0. The predicted molar refractivity (Wildman–Crippen MR) is 148 cm³/mol. The van der Waals surface area contributed by atoms with Crippen LogP contribution in [0, 0.1) is 6.92 Å². The molecule has 0 N–H and O–H groups in total. The summed E-state index contributed by atoms with van der Waals surface area (Å²) >= 11 is 4.04. The van der Waals surface area contributed by atoms with Crippen molar-refractivity contribution < 1.29 is 0 Å². The molecule has 3 rings (SSSR count). The third-order valence-electron chi connectivity index (χ3n) is 5.32. The maximum Gasteiger partial charge on any atom is 0.0906 e. The summed E-state index contributed by atoms with van der Waals surface area (Å²) in [5.41, 5.74) is 5.49. The Morgan fingerprint density at radius 1 is 0.677 bits per heavy atom. The van der Waals surface area contributed by atoms with Gasteiger partial charge in [0.05, 0.1) is 16.1 Å². The summed E-state index contributed by atoms with van der Waals surface area (Å²) in [4.78, 5) is 2.76. The fraction of sp³-hybridized carbons (Fsp3) is 0.259. The van der Waals surface area contributed by atoms with Crippen LogP contribution in [0.15, 0.2) is 100 Å². The van der Waals surface area contributed by atoms with Crippen molar-refractivity contribution in [2.45, 2.75) is 42.9 Å². The highest BCUT2D eigenvalue weighted by Gasteiger charge is 2.30. The van der Waals surface area contributed by atoms with Gasteiger partial charge in [-0.2, -0.15) is 0 Å². The Hall–Kier alpha value is -1.47. The number of hydrogen-bond acceptors (Lipinski definition) is 2. The van der Waals surface area contributed by atoms with E-state index >= 15 is 0 Å². The highest BCUT2D eigenvalue weighted by Crippen LogP contribution is 2.34. The summed E-state index contributed by atoms with van der Waals surface area (Å²) in [5.74, 6) is 0. The van der Waals surface area contributed by atoms with E-state index in [0.717, 1.165) is 0 Å². The molecule has 0 spiro atoms. The lowest BCUT2D eigenvalue weighted by Gasteiger charge is -2.30. The molecular weight excluding hydrogens is 445 g/mol. The molecule has 0 aromatic heterocycles. The van der Waals surface area contributed by atoms with Crippen LogP contribution in [0.1, 0.15) is 11.1 Å². The van der Waals surface area contributed by atoms with Crippen molar-refractivity contribution in [3.63, 3.8) is 0 Å². The first-order valence-corrected chi connectivity index (χ1v) is 19.4. The van der Waals surface area contributed by atoms with Crippen LogP contribution >= 0.6 is 23.5 Å². The van der Waals surface area contributed by atoms with E-state index in [1.165, 1.54) is 31.7 Å². The molecule has 31 heavy (non-hydrogen) atoms. The fourth-order valence-corrected chi connectivity index (χ4v) is 14.0. The standard InChI is InChI=1S/C27H34S2Si2/c1-23-16-18-24(19-17-23)27(31(4,5)22-29-26-14-10-7-11-15-26)20-30(2,3)21-28-25-12-8-6-9-13-25/h6-20H,21-22H2,1-5H3/b27-20+. The molecule has 0 saturated heterocycles. The molecule has 0 atom stereocenters. The molecule has 4 heteroatoms. The normalized spacial score (nSPS) is 12.7. The molecule has 0 aliphatic carbocycles. The monoisotopic (exact) mass is 478 g/mol. The van der Waals surface area contributed by atoms with Gasteiger partial charge < -0.3 is 0 Å². The SMILES string of the molecule is Cc1ccc(/C(=C\[Si](C)(C)CSc2ccccc2)[Si](C)(C)CSc2ccccc2)cc1. The van der Waals surface area contributed by atoms with Crippen LogP contribution in [-0.2, 0) is 0 Å². The lowest BCUT2D eigenvalue weighted by molar-refractivity contribution is 1.45. The molecule has 3 aromatic rings. The molecule has 0 fully saturated rings. The summed E-state index contributed by atoms with van der Waals surface area (Å²) in [7, 11) is -3.18. The Morgan fingerprint density at radius 2 is 1.16 bits per heavy atom. The molecule has 0 heterocycles. The van der Waals surface area contributed by atoms with E-state index in [1.807, 2.05) is 23.5 Å². The van der Waals surface area contributed by atoms with Gasteiger partial charge >= 0.3 is 0 Å².